The molecule has 104 valence electrons. The van der Waals surface area contributed by atoms with Crippen LogP contribution in [0.25, 0.3) is 0 Å². The van der Waals surface area contributed by atoms with Crippen molar-refractivity contribution < 1.29 is 9.53 Å². The van der Waals surface area contributed by atoms with Crippen molar-refractivity contribution in [2.45, 2.75) is 18.9 Å². The second-order valence-corrected chi connectivity index (χ2v) is 5.16. The number of amides is 1. The quantitative estimate of drug-likeness (QED) is 0.896. The Bertz CT molecular complexity index is 402. The number of rotatable bonds is 4. The van der Waals surface area contributed by atoms with Gasteiger partial charge in [0, 0.05) is 26.8 Å². The molecule has 1 aromatic rings. The van der Waals surface area contributed by atoms with Crippen molar-refractivity contribution in [3.05, 3.63) is 35.9 Å². The van der Waals surface area contributed by atoms with Crippen LogP contribution in [0, 0.1) is 5.92 Å². The Hall–Kier alpha value is -1.39. The van der Waals surface area contributed by atoms with Crippen LogP contribution in [0.2, 0.25) is 0 Å². The highest BCUT2D eigenvalue weighted by atomic mass is 16.5. The van der Waals surface area contributed by atoms with Gasteiger partial charge in [0.25, 0.3) is 0 Å². The van der Waals surface area contributed by atoms with E-state index in [9.17, 15) is 4.79 Å². The molecule has 1 amide bonds. The molecule has 1 aliphatic heterocycles. The van der Waals surface area contributed by atoms with E-state index in [2.05, 4.69) is 0 Å². The van der Waals surface area contributed by atoms with E-state index in [0.29, 0.717) is 5.92 Å². The Balaban J connectivity index is 1.91. The zero-order valence-electron chi connectivity index (χ0n) is 11.4. The predicted octanol–water partition coefficient (Wildman–Crippen LogP) is 1.57. The van der Waals surface area contributed by atoms with E-state index in [4.69, 9.17) is 10.5 Å². The molecule has 0 unspecified atom stereocenters. The number of carbonyl (C=O) groups is 1. The molecular weight excluding hydrogens is 240 g/mol. The molecule has 1 fully saturated rings. The lowest BCUT2D eigenvalue weighted by molar-refractivity contribution is -0.132. The Morgan fingerprint density at radius 3 is 2.63 bits per heavy atom. The average Bonchev–Trinajstić information content (AvgIpc) is 2.47. The maximum atomic E-state index is 12.3. The fraction of sp³-hybridized carbons (Fsp3) is 0.533. The molecule has 2 N–H and O–H groups in total. The van der Waals surface area contributed by atoms with Gasteiger partial charge in [-0.1, -0.05) is 30.3 Å². The fourth-order valence-electron chi connectivity index (χ4n) is 2.45. The van der Waals surface area contributed by atoms with Gasteiger partial charge in [0.2, 0.25) is 5.91 Å². The van der Waals surface area contributed by atoms with E-state index >= 15 is 0 Å². The van der Waals surface area contributed by atoms with Crippen LogP contribution in [0.4, 0.5) is 0 Å². The lowest BCUT2D eigenvalue weighted by atomic mass is 9.99. The minimum atomic E-state index is -0.564. The zero-order chi connectivity index (χ0) is 13.7. The molecule has 19 heavy (non-hydrogen) atoms. The van der Waals surface area contributed by atoms with Crippen molar-refractivity contribution in [3.63, 3.8) is 0 Å². The van der Waals surface area contributed by atoms with Crippen molar-refractivity contribution in [2.24, 2.45) is 11.7 Å². The van der Waals surface area contributed by atoms with Gasteiger partial charge in [-0.25, -0.2) is 0 Å². The van der Waals surface area contributed by atoms with Crippen LogP contribution in [0.3, 0.4) is 0 Å². The van der Waals surface area contributed by atoms with Gasteiger partial charge in [0.1, 0.15) is 6.04 Å². The van der Waals surface area contributed by atoms with Crippen molar-refractivity contribution in [1.82, 2.24) is 4.90 Å². The molecule has 0 bridgehead atoms. The number of carbonyl (C=O) groups excluding carboxylic acids is 1. The smallest absolute Gasteiger partial charge is 0.243 e. The van der Waals surface area contributed by atoms with Crippen LogP contribution >= 0.6 is 0 Å². The van der Waals surface area contributed by atoms with Gasteiger partial charge in [-0.3, -0.25) is 4.79 Å². The number of nitrogens with zero attached hydrogens (tertiary/aromatic N) is 1. The second kappa shape index (κ2) is 6.68. The molecule has 0 aliphatic carbocycles. The highest BCUT2D eigenvalue weighted by Crippen LogP contribution is 2.18. The van der Waals surface area contributed by atoms with Crippen LogP contribution in [0.5, 0.6) is 0 Å². The summed E-state index contributed by atoms with van der Waals surface area (Å²) in [5.74, 6) is 0.517. The molecule has 0 spiro atoms. The minimum Gasteiger partial charge on any atom is -0.381 e. The van der Waals surface area contributed by atoms with Crippen LogP contribution < -0.4 is 5.73 Å². The van der Waals surface area contributed by atoms with Gasteiger partial charge in [-0.2, -0.15) is 0 Å². The monoisotopic (exact) mass is 262 g/mol. The second-order valence-electron chi connectivity index (χ2n) is 5.16. The molecule has 0 saturated carbocycles. The molecule has 1 saturated heterocycles. The van der Waals surface area contributed by atoms with Crippen molar-refractivity contribution in [1.29, 1.82) is 0 Å². The normalized spacial score (nSPS) is 18.0. The maximum absolute atomic E-state index is 12.3. The molecule has 0 aromatic heterocycles. The first kappa shape index (κ1) is 14.0. The van der Waals surface area contributed by atoms with Crippen molar-refractivity contribution in [3.8, 4) is 0 Å². The van der Waals surface area contributed by atoms with Crippen LogP contribution in [0.1, 0.15) is 24.4 Å². The first-order chi connectivity index (χ1) is 9.18. The molecule has 0 radical (unpaired) electrons. The third-order valence-electron chi connectivity index (χ3n) is 3.67. The van der Waals surface area contributed by atoms with Gasteiger partial charge < -0.3 is 15.4 Å². The van der Waals surface area contributed by atoms with Crippen LogP contribution in [-0.4, -0.2) is 37.6 Å². The summed E-state index contributed by atoms with van der Waals surface area (Å²) >= 11 is 0. The Morgan fingerprint density at radius 1 is 1.37 bits per heavy atom. The summed E-state index contributed by atoms with van der Waals surface area (Å²) in [6.45, 7) is 2.37. The molecular formula is C15H22N2O2. The average molecular weight is 262 g/mol. The molecule has 1 heterocycles. The van der Waals surface area contributed by atoms with Crippen LogP contribution in [-0.2, 0) is 9.53 Å². The number of ether oxygens (including phenoxy) is 1. The first-order valence-electron chi connectivity index (χ1n) is 6.81. The van der Waals surface area contributed by atoms with E-state index in [1.807, 2.05) is 37.4 Å². The summed E-state index contributed by atoms with van der Waals surface area (Å²) < 4.78 is 5.33. The highest BCUT2D eigenvalue weighted by Gasteiger charge is 2.23. The predicted molar refractivity (Wildman–Crippen MR) is 74.6 cm³/mol. The summed E-state index contributed by atoms with van der Waals surface area (Å²) in [7, 11) is 1.83. The Morgan fingerprint density at radius 2 is 2.00 bits per heavy atom. The van der Waals surface area contributed by atoms with Gasteiger partial charge in [-0.15, -0.1) is 0 Å². The number of hydrogen-bond acceptors (Lipinski definition) is 3. The minimum absolute atomic E-state index is 0.0160. The molecule has 1 aromatic carbocycles. The van der Waals surface area contributed by atoms with E-state index in [1.165, 1.54) is 0 Å². The van der Waals surface area contributed by atoms with E-state index in [0.717, 1.165) is 38.2 Å². The fourth-order valence-corrected chi connectivity index (χ4v) is 2.45. The lowest BCUT2D eigenvalue weighted by Gasteiger charge is -2.28. The standard InChI is InChI=1S/C15H22N2O2/c1-17(11-12-7-9-19-10-8-12)15(18)14(16)13-5-3-2-4-6-13/h2-6,12,14H,7-11,16H2,1H3/t14-/m0/s1. The first-order valence-corrected chi connectivity index (χ1v) is 6.81. The van der Waals surface area contributed by atoms with Crippen LogP contribution in [0.15, 0.2) is 30.3 Å². The third kappa shape index (κ3) is 3.78. The van der Waals surface area contributed by atoms with Gasteiger partial charge in [0.15, 0.2) is 0 Å². The van der Waals surface area contributed by atoms with E-state index < -0.39 is 6.04 Å². The van der Waals surface area contributed by atoms with Gasteiger partial charge >= 0.3 is 0 Å². The molecule has 1 atom stereocenters. The molecule has 4 nitrogen and oxygen atoms in total. The zero-order valence-corrected chi connectivity index (χ0v) is 11.4. The Kier molecular flexibility index (Phi) is 4.93. The van der Waals surface area contributed by atoms with Crippen molar-refractivity contribution in [2.75, 3.05) is 26.8 Å². The third-order valence-corrected chi connectivity index (χ3v) is 3.67. The Labute approximate surface area is 114 Å². The largest absolute Gasteiger partial charge is 0.381 e. The topological polar surface area (TPSA) is 55.6 Å². The summed E-state index contributed by atoms with van der Waals surface area (Å²) in [6, 6.07) is 8.95. The molecule has 4 heteroatoms. The summed E-state index contributed by atoms with van der Waals surface area (Å²) in [5, 5.41) is 0. The summed E-state index contributed by atoms with van der Waals surface area (Å²) in [4.78, 5) is 14.0. The van der Waals surface area contributed by atoms with E-state index in [-0.39, 0.29) is 5.91 Å². The van der Waals surface area contributed by atoms with E-state index in [1.54, 1.807) is 4.90 Å². The molecule has 1 aliphatic rings. The van der Waals surface area contributed by atoms with Crippen molar-refractivity contribution >= 4 is 5.91 Å². The highest BCUT2D eigenvalue weighted by molar-refractivity contribution is 5.82. The summed E-state index contributed by atoms with van der Waals surface area (Å²) in [6.07, 6.45) is 2.05. The van der Waals surface area contributed by atoms with Gasteiger partial charge in [-0.05, 0) is 24.3 Å². The molecule has 2 rings (SSSR count). The summed E-state index contributed by atoms with van der Waals surface area (Å²) in [5.41, 5.74) is 6.90. The number of hydrogen-bond donors (Lipinski definition) is 1. The number of benzene rings is 1. The lowest BCUT2D eigenvalue weighted by Crippen LogP contribution is -2.39. The number of likely N-dealkylation sites (N-methyl/N-ethyl adjacent to an activating group) is 1. The number of nitrogens with two attached hydrogens (primary N) is 1. The van der Waals surface area contributed by atoms with Gasteiger partial charge in [0.05, 0.1) is 0 Å². The maximum Gasteiger partial charge on any atom is 0.243 e. The SMILES string of the molecule is CN(CC1CCOCC1)C(=O)[C@@H](N)c1ccccc1.